The average molecular weight is 140 g/mol. The summed E-state index contributed by atoms with van der Waals surface area (Å²) in [6, 6.07) is 0. The van der Waals surface area contributed by atoms with Crippen LogP contribution >= 0.6 is 0 Å². The predicted octanol–water partition coefficient (Wildman–Crippen LogP) is 2.26. The highest BCUT2D eigenvalue weighted by Gasteiger charge is 2.05. The summed E-state index contributed by atoms with van der Waals surface area (Å²) >= 11 is 0. The smallest absolute Gasteiger partial charge is 0.0543 e. The summed E-state index contributed by atoms with van der Waals surface area (Å²) in [6.07, 6.45) is 7.60. The Morgan fingerprint density at radius 2 is 2.30 bits per heavy atom. The van der Waals surface area contributed by atoms with Gasteiger partial charge >= 0.3 is 0 Å². The quantitative estimate of drug-likeness (QED) is 0.512. The van der Waals surface area contributed by atoms with Crippen molar-refractivity contribution in [3.63, 3.8) is 0 Å². The molecule has 0 aromatic rings. The average Bonchev–Trinajstić information content (AvgIpc) is 1.90. The Morgan fingerprint density at radius 3 is 3.10 bits per heavy atom. The van der Waals surface area contributed by atoms with E-state index in [-0.39, 0.29) is 6.10 Å². The van der Waals surface area contributed by atoms with Gasteiger partial charge in [-0.25, -0.2) is 0 Å². The molecule has 0 saturated heterocycles. The zero-order valence-electron chi connectivity index (χ0n) is 6.64. The van der Waals surface area contributed by atoms with Crippen LogP contribution in [0.3, 0.4) is 0 Å². The van der Waals surface area contributed by atoms with E-state index in [1.807, 2.05) is 0 Å². The molecule has 0 aromatic heterocycles. The van der Waals surface area contributed by atoms with Crippen molar-refractivity contribution in [3.8, 4) is 0 Å². The minimum Gasteiger partial charge on any atom is -0.393 e. The van der Waals surface area contributed by atoms with E-state index in [2.05, 4.69) is 13.0 Å². The fourth-order valence-corrected chi connectivity index (χ4v) is 1.34. The van der Waals surface area contributed by atoms with Gasteiger partial charge in [-0.3, -0.25) is 0 Å². The third-order valence-corrected chi connectivity index (χ3v) is 2.11. The second kappa shape index (κ2) is 3.77. The largest absolute Gasteiger partial charge is 0.393 e. The first-order valence-electron chi connectivity index (χ1n) is 4.13. The lowest BCUT2D eigenvalue weighted by Crippen LogP contribution is -2.07. The lowest BCUT2D eigenvalue weighted by atomic mass is 9.99. The van der Waals surface area contributed by atoms with Crippen molar-refractivity contribution in [1.29, 1.82) is 0 Å². The maximum atomic E-state index is 9.30. The van der Waals surface area contributed by atoms with Gasteiger partial charge in [-0.2, -0.15) is 0 Å². The third kappa shape index (κ3) is 2.53. The second-order valence-electron chi connectivity index (χ2n) is 3.17. The Bertz CT molecular complexity index is 127. The van der Waals surface area contributed by atoms with Crippen LogP contribution in [0.25, 0.3) is 0 Å². The fraction of sp³-hybridized carbons (Fsp3) is 0.778. The molecular weight excluding hydrogens is 124 g/mol. The van der Waals surface area contributed by atoms with Crippen LogP contribution in [0.15, 0.2) is 11.6 Å². The van der Waals surface area contributed by atoms with Crippen molar-refractivity contribution >= 4 is 0 Å². The summed E-state index contributed by atoms with van der Waals surface area (Å²) in [7, 11) is 0. The highest BCUT2D eigenvalue weighted by Crippen LogP contribution is 2.16. The summed E-state index contributed by atoms with van der Waals surface area (Å²) in [5.41, 5.74) is 1.44. The lowest BCUT2D eigenvalue weighted by Gasteiger charge is -2.12. The number of allylic oxidation sites excluding steroid dienone is 2. The first-order valence-corrected chi connectivity index (χ1v) is 4.13. The van der Waals surface area contributed by atoms with Crippen LogP contribution in [0.1, 0.15) is 39.0 Å². The summed E-state index contributed by atoms with van der Waals surface area (Å²) in [5, 5.41) is 9.30. The topological polar surface area (TPSA) is 20.2 Å². The van der Waals surface area contributed by atoms with Gasteiger partial charge in [-0.05, 0) is 39.0 Å². The van der Waals surface area contributed by atoms with E-state index in [4.69, 9.17) is 0 Å². The van der Waals surface area contributed by atoms with Gasteiger partial charge in [0.15, 0.2) is 0 Å². The van der Waals surface area contributed by atoms with Crippen molar-refractivity contribution in [1.82, 2.24) is 0 Å². The first kappa shape index (κ1) is 7.80. The third-order valence-electron chi connectivity index (χ3n) is 2.11. The molecule has 58 valence electrons. The van der Waals surface area contributed by atoms with Gasteiger partial charge < -0.3 is 5.11 Å². The minimum atomic E-state index is -0.0383. The van der Waals surface area contributed by atoms with Crippen LogP contribution in [0.2, 0.25) is 0 Å². The SMILES string of the molecule is C/C1=C/CCCC(O)CC1. The Balaban J connectivity index is 2.39. The van der Waals surface area contributed by atoms with Crippen LogP contribution in [0, 0.1) is 0 Å². The van der Waals surface area contributed by atoms with Crippen LogP contribution in [-0.4, -0.2) is 11.2 Å². The summed E-state index contributed by atoms with van der Waals surface area (Å²) in [5.74, 6) is 0. The molecule has 0 heterocycles. The van der Waals surface area contributed by atoms with E-state index >= 15 is 0 Å². The Kier molecular flexibility index (Phi) is 2.94. The molecule has 0 spiro atoms. The highest BCUT2D eigenvalue weighted by molar-refractivity contribution is 4.99. The van der Waals surface area contributed by atoms with E-state index in [0.717, 1.165) is 32.1 Å². The molecule has 1 rings (SSSR count). The number of rotatable bonds is 0. The molecule has 1 heteroatoms. The van der Waals surface area contributed by atoms with E-state index in [9.17, 15) is 5.11 Å². The number of hydrogen-bond acceptors (Lipinski definition) is 1. The Morgan fingerprint density at radius 1 is 1.50 bits per heavy atom. The van der Waals surface area contributed by atoms with Crippen molar-refractivity contribution in [2.75, 3.05) is 0 Å². The molecule has 1 atom stereocenters. The van der Waals surface area contributed by atoms with Gasteiger partial charge in [-0.15, -0.1) is 0 Å². The van der Waals surface area contributed by atoms with Gasteiger partial charge in [-0.1, -0.05) is 11.6 Å². The standard InChI is InChI=1S/C9H16O/c1-8-4-2-3-5-9(10)7-6-8/h4,9-10H,2-3,5-7H2,1H3/b8-4-. The maximum Gasteiger partial charge on any atom is 0.0543 e. The second-order valence-corrected chi connectivity index (χ2v) is 3.17. The number of hydrogen-bond donors (Lipinski definition) is 1. The molecule has 1 N–H and O–H groups in total. The molecule has 1 unspecified atom stereocenters. The molecule has 0 aromatic carbocycles. The van der Waals surface area contributed by atoms with E-state index in [1.54, 1.807) is 0 Å². The zero-order valence-corrected chi connectivity index (χ0v) is 6.64. The van der Waals surface area contributed by atoms with Crippen LogP contribution in [-0.2, 0) is 0 Å². The van der Waals surface area contributed by atoms with Gasteiger partial charge in [0.1, 0.15) is 0 Å². The van der Waals surface area contributed by atoms with Crippen LogP contribution < -0.4 is 0 Å². The number of aliphatic hydroxyl groups excluding tert-OH is 1. The van der Waals surface area contributed by atoms with Crippen molar-refractivity contribution in [2.45, 2.75) is 45.1 Å². The van der Waals surface area contributed by atoms with Crippen LogP contribution in [0.4, 0.5) is 0 Å². The fourth-order valence-electron chi connectivity index (χ4n) is 1.34. The van der Waals surface area contributed by atoms with Gasteiger partial charge in [0.05, 0.1) is 6.10 Å². The maximum absolute atomic E-state index is 9.30. The molecule has 0 saturated carbocycles. The number of aliphatic hydroxyl groups is 1. The Labute approximate surface area is 62.8 Å². The van der Waals surface area contributed by atoms with Gasteiger partial charge in [0, 0.05) is 0 Å². The molecule has 10 heavy (non-hydrogen) atoms. The van der Waals surface area contributed by atoms with E-state index in [0.29, 0.717) is 0 Å². The predicted molar refractivity (Wildman–Crippen MR) is 42.8 cm³/mol. The van der Waals surface area contributed by atoms with Crippen molar-refractivity contribution < 1.29 is 5.11 Å². The van der Waals surface area contributed by atoms with Crippen molar-refractivity contribution in [2.24, 2.45) is 0 Å². The zero-order chi connectivity index (χ0) is 7.40. The van der Waals surface area contributed by atoms with E-state index < -0.39 is 0 Å². The molecule has 0 aliphatic heterocycles. The lowest BCUT2D eigenvalue weighted by molar-refractivity contribution is 0.151. The van der Waals surface area contributed by atoms with Gasteiger partial charge in [0.2, 0.25) is 0 Å². The summed E-state index contributed by atoms with van der Waals surface area (Å²) in [4.78, 5) is 0. The summed E-state index contributed by atoms with van der Waals surface area (Å²) in [6.45, 7) is 2.15. The van der Waals surface area contributed by atoms with Crippen molar-refractivity contribution in [3.05, 3.63) is 11.6 Å². The highest BCUT2D eigenvalue weighted by atomic mass is 16.3. The molecule has 0 amide bonds. The molecule has 1 aliphatic carbocycles. The summed E-state index contributed by atoms with van der Waals surface area (Å²) < 4.78 is 0. The van der Waals surface area contributed by atoms with E-state index in [1.165, 1.54) is 5.57 Å². The van der Waals surface area contributed by atoms with Gasteiger partial charge in [0.25, 0.3) is 0 Å². The molecule has 1 aliphatic rings. The monoisotopic (exact) mass is 140 g/mol. The normalized spacial score (nSPS) is 33.8. The van der Waals surface area contributed by atoms with Crippen LogP contribution in [0.5, 0.6) is 0 Å². The molecule has 1 nitrogen and oxygen atoms in total. The molecule has 0 radical (unpaired) electrons. The first-order chi connectivity index (χ1) is 4.79. The Hall–Kier alpha value is -0.300. The molecule has 0 bridgehead atoms. The minimum absolute atomic E-state index is 0.0383. The molecule has 0 fully saturated rings. The molecular formula is C9H16O.